The molecule has 12 heavy (non-hydrogen) atoms. The van der Waals surface area contributed by atoms with Crippen molar-refractivity contribution in [1.29, 1.82) is 0 Å². The van der Waals surface area contributed by atoms with Crippen LogP contribution in [0.2, 0.25) is 0 Å². The Balaban J connectivity index is 4.75. The molecular weight excluding hydrogens is 156 g/mol. The number of carbonyl (C=O) groups is 1. The maximum Gasteiger partial charge on any atom is 0.312 e. The molecule has 0 amide bonds. The van der Waals surface area contributed by atoms with Crippen LogP contribution < -0.4 is 0 Å². The van der Waals surface area contributed by atoms with Crippen LogP contribution in [0.1, 0.15) is 27.7 Å². The van der Waals surface area contributed by atoms with Gasteiger partial charge in [-0.05, 0) is 12.3 Å². The van der Waals surface area contributed by atoms with E-state index < -0.39 is 11.4 Å². The fraction of sp³-hybridized carbons (Fsp3) is 0.889. The van der Waals surface area contributed by atoms with Crippen molar-refractivity contribution in [2.75, 3.05) is 13.7 Å². The number of methoxy groups -OCH3 is 1. The van der Waals surface area contributed by atoms with Gasteiger partial charge in [0.25, 0.3) is 0 Å². The second kappa shape index (κ2) is 3.44. The summed E-state index contributed by atoms with van der Waals surface area (Å²) >= 11 is 0. The molecule has 1 atom stereocenters. The normalized spacial score (nSPS) is 17.1. The summed E-state index contributed by atoms with van der Waals surface area (Å²) in [6.07, 6.45) is 0. The van der Waals surface area contributed by atoms with Crippen molar-refractivity contribution in [2.45, 2.75) is 27.7 Å². The number of hydrogen-bond donors (Lipinski definition) is 1. The molecule has 0 aliphatic carbocycles. The average molecular weight is 174 g/mol. The number of ether oxygens (including phenoxy) is 1. The summed E-state index contributed by atoms with van der Waals surface area (Å²) in [4.78, 5) is 11.0. The molecule has 0 aromatic heterocycles. The van der Waals surface area contributed by atoms with E-state index in [2.05, 4.69) is 0 Å². The van der Waals surface area contributed by atoms with Crippen LogP contribution in [0.25, 0.3) is 0 Å². The summed E-state index contributed by atoms with van der Waals surface area (Å²) in [5, 5.41) is 9.02. The first-order valence-corrected chi connectivity index (χ1v) is 3.98. The summed E-state index contributed by atoms with van der Waals surface area (Å²) in [6, 6.07) is 0. The number of aliphatic carboxylic acids is 1. The Morgan fingerprint density at radius 3 is 1.83 bits per heavy atom. The van der Waals surface area contributed by atoms with Crippen molar-refractivity contribution in [3.05, 3.63) is 0 Å². The lowest BCUT2D eigenvalue weighted by atomic mass is 9.68. The summed E-state index contributed by atoms with van der Waals surface area (Å²) in [6.45, 7) is 7.66. The maximum atomic E-state index is 11.0. The quantitative estimate of drug-likeness (QED) is 0.709. The van der Waals surface area contributed by atoms with E-state index in [1.807, 2.05) is 20.8 Å². The molecule has 0 spiro atoms. The molecule has 0 aromatic carbocycles. The predicted molar refractivity (Wildman–Crippen MR) is 47.1 cm³/mol. The Labute approximate surface area is 73.7 Å². The van der Waals surface area contributed by atoms with Gasteiger partial charge in [-0.15, -0.1) is 0 Å². The first-order chi connectivity index (χ1) is 5.25. The highest BCUT2D eigenvalue weighted by molar-refractivity contribution is 5.75. The number of rotatable bonds is 3. The SMILES string of the molecule is COCC(C)(C(=O)O)C(C)(C)C. The van der Waals surface area contributed by atoms with Gasteiger partial charge in [0, 0.05) is 7.11 Å². The molecule has 0 heterocycles. The molecule has 0 aromatic rings. The molecule has 3 heteroatoms. The van der Waals surface area contributed by atoms with Gasteiger partial charge in [-0.2, -0.15) is 0 Å². The van der Waals surface area contributed by atoms with E-state index in [-0.39, 0.29) is 12.0 Å². The highest BCUT2D eigenvalue weighted by Gasteiger charge is 2.44. The molecule has 0 fully saturated rings. The standard InChI is InChI=1S/C9H18O3/c1-8(2,3)9(4,6-12-5)7(10)11/h6H2,1-5H3,(H,10,11). The zero-order valence-corrected chi connectivity index (χ0v) is 8.47. The van der Waals surface area contributed by atoms with Crippen LogP contribution in [-0.4, -0.2) is 24.8 Å². The number of carboxylic acid groups (broad SMARTS) is 1. The highest BCUT2D eigenvalue weighted by atomic mass is 16.5. The van der Waals surface area contributed by atoms with E-state index >= 15 is 0 Å². The minimum absolute atomic E-state index is 0.242. The van der Waals surface area contributed by atoms with Crippen molar-refractivity contribution in [2.24, 2.45) is 10.8 Å². The van der Waals surface area contributed by atoms with Crippen molar-refractivity contribution in [3.63, 3.8) is 0 Å². The van der Waals surface area contributed by atoms with Crippen LogP contribution in [-0.2, 0) is 9.53 Å². The van der Waals surface area contributed by atoms with Gasteiger partial charge in [0.2, 0.25) is 0 Å². The summed E-state index contributed by atoms with van der Waals surface area (Å²) in [5.41, 5.74) is -1.11. The third-order valence-electron chi connectivity index (χ3n) is 2.56. The largest absolute Gasteiger partial charge is 0.481 e. The van der Waals surface area contributed by atoms with Gasteiger partial charge in [0.1, 0.15) is 0 Å². The second-order valence-electron chi connectivity index (χ2n) is 4.32. The Kier molecular flexibility index (Phi) is 3.27. The van der Waals surface area contributed by atoms with Gasteiger partial charge >= 0.3 is 5.97 Å². The predicted octanol–water partition coefficient (Wildman–Crippen LogP) is 1.77. The lowest BCUT2D eigenvalue weighted by molar-refractivity contribution is -0.159. The summed E-state index contributed by atoms with van der Waals surface area (Å²) < 4.78 is 4.91. The van der Waals surface area contributed by atoms with Crippen LogP contribution in [0, 0.1) is 10.8 Å². The van der Waals surface area contributed by atoms with E-state index in [0.717, 1.165) is 0 Å². The monoisotopic (exact) mass is 174 g/mol. The van der Waals surface area contributed by atoms with Crippen LogP contribution in [0.5, 0.6) is 0 Å². The molecule has 0 saturated carbocycles. The summed E-state index contributed by atoms with van der Waals surface area (Å²) in [5.74, 6) is -0.808. The van der Waals surface area contributed by atoms with Crippen molar-refractivity contribution in [3.8, 4) is 0 Å². The highest BCUT2D eigenvalue weighted by Crippen LogP contribution is 2.38. The Morgan fingerprint density at radius 1 is 1.33 bits per heavy atom. The van der Waals surface area contributed by atoms with E-state index in [1.54, 1.807) is 6.92 Å². The molecule has 3 nitrogen and oxygen atoms in total. The second-order valence-corrected chi connectivity index (χ2v) is 4.32. The van der Waals surface area contributed by atoms with Crippen LogP contribution in [0.15, 0.2) is 0 Å². The van der Waals surface area contributed by atoms with Crippen molar-refractivity contribution in [1.82, 2.24) is 0 Å². The van der Waals surface area contributed by atoms with E-state index in [4.69, 9.17) is 9.84 Å². The smallest absolute Gasteiger partial charge is 0.312 e. The van der Waals surface area contributed by atoms with Gasteiger partial charge in [-0.25, -0.2) is 0 Å². The maximum absolute atomic E-state index is 11.0. The van der Waals surface area contributed by atoms with Gasteiger partial charge in [0.05, 0.1) is 12.0 Å². The molecule has 72 valence electrons. The van der Waals surface area contributed by atoms with Crippen LogP contribution in [0.3, 0.4) is 0 Å². The first-order valence-electron chi connectivity index (χ1n) is 3.98. The number of hydrogen-bond acceptors (Lipinski definition) is 2. The topological polar surface area (TPSA) is 46.5 Å². The number of carboxylic acids is 1. The fourth-order valence-corrected chi connectivity index (χ4v) is 0.888. The van der Waals surface area contributed by atoms with Gasteiger partial charge < -0.3 is 9.84 Å². The van der Waals surface area contributed by atoms with Crippen molar-refractivity contribution >= 4 is 5.97 Å². The van der Waals surface area contributed by atoms with Gasteiger partial charge in [0.15, 0.2) is 0 Å². The molecule has 0 saturated heterocycles. The molecule has 0 aliphatic rings. The van der Waals surface area contributed by atoms with E-state index in [1.165, 1.54) is 7.11 Å². The van der Waals surface area contributed by atoms with Gasteiger partial charge in [-0.1, -0.05) is 20.8 Å². The zero-order valence-electron chi connectivity index (χ0n) is 8.47. The molecule has 0 radical (unpaired) electrons. The molecular formula is C9H18O3. The Hall–Kier alpha value is -0.570. The fourth-order valence-electron chi connectivity index (χ4n) is 0.888. The third kappa shape index (κ3) is 1.97. The molecule has 0 bridgehead atoms. The minimum atomic E-state index is -0.818. The average Bonchev–Trinajstić information content (AvgIpc) is 1.85. The van der Waals surface area contributed by atoms with E-state index in [9.17, 15) is 4.79 Å². The minimum Gasteiger partial charge on any atom is -0.481 e. The molecule has 0 rings (SSSR count). The van der Waals surface area contributed by atoms with Crippen LogP contribution >= 0.6 is 0 Å². The van der Waals surface area contributed by atoms with Crippen LogP contribution in [0.4, 0.5) is 0 Å². The lowest BCUT2D eigenvalue weighted by Crippen LogP contribution is -2.43. The molecule has 0 aliphatic heterocycles. The Morgan fingerprint density at radius 2 is 1.75 bits per heavy atom. The third-order valence-corrected chi connectivity index (χ3v) is 2.56. The molecule has 1 unspecified atom stereocenters. The Bertz CT molecular complexity index is 169. The zero-order chi connectivity index (χ0) is 9.99. The van der Waals surface area contributed by atoms with E-state index in [0.29, 0.717) is 0 Å². The summed E-state index contributed by atoms with van der Waals surface area (Å²) in [7, 11) is 1.52. The van der Waals surface area contributed by atoms with Gasteiger partial charge in [-0.3, -0.25) is 4.79 Å². The lowest BCUT2D eigenvalue weighted by Gasteiger charge is -2.37. The van der Waals surface area contributed by atoms with Crippen molar-refractivity contribution < 1.29 is 14.6 Å². The first kappa shape index (κ1) is 11.4. The molecule has 1 N–H and O–H groups in total.